The van der Waals surface area contributed by atoms with Crippen LogP contribution >= 0.6 is 0 Å². The monoisotopic (exact) mass is 382 g/mol. The molecule has 0 aliphatic carbocycles. The van der Waals surface area contributed by atoms with Crippen LogP contribution in [-0.2, 0) is 14.8 Å². The van der Waals surface area contributed by atoms with Crippen molar-refractivity contribution in [1.82, 2.24) is 4.72 Å². The zero-order valence-electron chi connectivity index (χ0n) is 15.5. The van der Waals surface area contributed by atoms with Crippen molar-refractivity contribution in [3.63, 3.8) is 0 Å². The average Bonchev–Trinajstić information content (AvgIpc) is 2.64. The van der Waals surface area contributed by atoms with Crippen molar-refractivity contribution in [2.75, 3.05) is 5.32 Å². The van der Waals surface area contributed by atoms with Gasteiger partial charge in [0.25, 0.3) is 0 Å². The maximum Gasteiger partial charge on any atom is 0.242 e. The lowest BCUT2D eigenvalue weighted by molar-refractivity contribution is -0.117. The molecule has 0 unspecified atom stereocenters. The third kappa shape index (κ3) is 4.35. The second kappa shape index (κ2) is 7.50. The molecule has 0 saturated heterocycles. The SMILES string of the molecule is Cc1ccc(NC(=O)[C@H](C)NS(=O)(=O)c2ccc3ccccc3c2)cc1C. The van der Waals surface area contributed by atoms with E-state index in [1.807, 2.05) is 50.2 Å². The smallest absolute Gasteiger partial charge is 0.242 e. The van der Waals surface area contributed by atoms with Crippen molar-refractivity contribution >= 4 is 32.4 Å². The standard InChI is InChI=1S/C21H22N2O3S/c1-14-8-10-19(12-15(14)2)22-21(24)16(3)23-27(25,26)20-11-9-17-6-4-5-7-18(17)13-20/h4-13,16,23H,1-3H3,(H,22,24)/t16-/m0/s1. The second-order valence-corrected chi connectivity index (χ2v) is 8.35. The average molecular weight is 382 g/mol. The minimum Gasteiger partial charge on any atom is -0.325 e. The van der Waals surface area contributed by atoms with Crippen LogP contribution in [0.1, 0.15) is 18.1 Å². The molecule has 0 radical (unpaired) electrons. The van der Waals surface area contributed by atoms with Crippen LogP contribution in [0, 0.1) is 13.8 Å². The number of nitrogens with one attached hydrogen (secondary N) is 2. The first-order chi connectivity index (χ1) is 12.8. The van der Waals surface area contributed by atoms with E-state index in [9.17, 15) is 13.2 Å². The number of sulfonamides is 1. The first-order valence-corrected chi connectivity index (χ1v) is 10.1. The van der Waals surface area contributed by atoms with Gasteiger partial charge in [0.05, 0.1) is 10.9 Å². The van der Waals surface area contributed by atoms with Gasteiger partial charge in [-0.2, -0.15) is 4.72 Å². The van der Waals surface area contributed by atoms with Crippen molar-refractivity contribution in [1.29, 1.82) is 0 Å². The van der Waals surface area contributed by atoms with Crippen LogP contribution < -0.4 is 10.0 Å². The molecule has 27 heavy (non-hydrogen) atoms. The van der Waals surface area contributed by atoms with Crippen molar-refractivity contribution in [2.24, 2.45) is 0 Å². The summed E-state index contributed by atoms with van der Waals surface area (Å²) in [5, 5.41) is 4.53. The Bertz CT molecular complexity index is 1110. The summed E-state index contributed by atoms with van der Waals surface area (Å²) in [5.74, 6) is -0.414. The first kappa shape index (κ1) is 19.1. The van der Waals surface area contributed by atoms with Gasteiger partial charge in [-0.15, -0.1) is 0 Å². The molecule has 140 valence electrons. The Morgan fingerprint density at radius 1 is 0.889 bits per heavy atom. The van der Waals surface area contributed by atoms with Crippen molar-refractivity contribution in [2.45, 2.75) is 31.7 Å². The highest BCUT2D eigenvalue weighted by atomic mass is 32.2. The highest BCUT2D eigenvalue weighted by molar-refractivity contribution is 7.89. The first-order valence-electron chi connectivity index (χ1n) is 8.65. The van der Waals surface area contributed by atoms with Crippen LogP contribution in [0.25, 0.3) is 10.8 Å². The van der Waals surface area contributed by atoms with Crippen LogP contribution in [-0.4, -0.2) is 20.4 Å². The van der Waals surface area contributed by atoms with Gasteiger partial charge in [0.1, 0.15) is 0 Å². The summed E-state index contributed by atoms with van der Waals surface area (Å²) >= 11 is 0. The molecule has 3 aromatic rings. The quantitative estimate of drug-likeness (QED) is 0.705. The van der Waals surface area contributed by atoms with Crippen LogP contribution in [0.2, 0.25) is 0 Å². The molecule has 0 heterocycles. The van der Waals surface area contributed by atoms with E-state index in [-0.39, 0.29) is 4.90 Å². The Kier molecular flexibility index (Phi) is 5.30. The molecular formula is C21H22N2O3S. The number of carbonyl (C=O) groups excluding carboxylic acids is 1. The fraction of sp³-hybridized carbons (Fsp3) is 0.190. The van der Waals surface area contributed by atoms with Gasteiger partial charge < -0.3 is 5.32 Å². The summed E-state index contributed by atoms with van der Waals surface area (Å²) in [5.41, 5.74) is 2.81. The minimum atomic E-state index is -3.81. The minimum absolute atomic E-state index is 0.132. The number of hydrogen-bond donors (Lipinski definition) is 2. The Hall–Kier alpha value is -2.70. The van der Waals surface area contributed by atoms with E-state index < -0.39 is 22.0 Å². The third-order valence-electron chi connectivity index (χ3n) is 4.53. The molecule has 0 spiro atoms. The van der Waals surface area contributed by atoms with Crippen molar-refractivity contribution in [3.8, 4) is 0 Å². The lowest BCUT2D eigenvalue weighted by Crippen LogP contribution is -2.41. The molecule has 0 aromatic heterocycles. The lowest BCUT2D eigenvalue weighted by Gasteiger charge is -2.15. The number of rotatable bonds is 5. The summed E-state index contributed by atoms with van der Waals surface area (Å²) in [7, 11) is -3.81. The molecule has 5 nitrogen and oxygen atoms in total. The zero-order valence-corrected chi connectivity index (χ0v) is 16.3. The topological polar surface area (TPSA) is 75.3 Å². The van der Waals surface area contributed by atoms with E-state index in [0.29, 0.717) is 5.69 Å². The Morgan fingerprint density at radius 2 is 1.59 bits per heavy atom. The molecule has 0 bridgehead atoms. The Morgan fingerprint density at radius 3 is 2.30 bits per heavy atom. The van der Waals surface area contributed by atoms with Gasteiger partial charge in [0.15, 0.2) is 0 Å². The number of carbonyl (C=O) groups is 1. The van der Waals surface area contributed by atoms with E-state index in [2.05, 4.69) is 10.0 Å². The summed E-state index contributed by atoms with van der Waals surface area (Å²) in [4.78, 5) is 12.5. The van der Waals surface area contributed by atoms with Gasteiger partial charge in [0, 0.05) is 5.69 Å². The van der Waals surface area contributed by atoms with E-state index >= 15 is 0 Å². The van der Waals surface area contributed by atoms with Gasteiger partial charge in [-0.3, -0.25) is 4.79 Å². The van der Waals surface area contributed by atoms with Crippen molar-refractivity contribution < 1.29 is 13.2 Å². The number of benzene rings is 3. The fourth-order valence-electron chi connectivity index (χ4n) is 2.76. The molecule has 0 fully saturated rings. The molecule has 3 rings (SSSR count). The molecular weight excluding hydrogens is 360 g/mol. The molecule has 1 atom stereocenters. The van der Waals surface area contributed by atoms with Gasteiger partial charge in [-0.25, -0.2) is 8.42 Å². The maximum atomic E-state index is 12.7. The van der Waals surface area contributed by atoms with Crippen LogP contribution in [0.5, 0.6) is 0 Å². The van der Waals surface area contributed by atoms with E-state index in [1.165, 1.54) is 6.92 Å². The van der Waals surface area contributed by atoms with Gasteiger partial charge in [-0.05, 0) is 66.9 Å². The van der Waals surface area contributed by atoms with E-state index in [4.69, 9.17) is 0 Å². The Balaban J connectivity index is 1.75. The summed E-state index contributed by atoms with van der Waals surface area (Å²) in [6.45, 7) is 5.47. The van der Waals surface area contributed by atoms with E-state index in [0.717, 1.165) is 21.9 Å². The Labute approximate surface area is 159 Å². The van der Waals surface area contributed by atoms with Crippen molar-refractivity contribution in [3.05, 3.63) is 71.8 Å². The van der Waals surface area contributed by atoms with Crippen LogP contribution in [0.4, 0.5) is 5.69 Å². The summed E-state index contributed by atoms with van der Waals surface area (Å²) in [6.07, 6.45) is 0. The molecule has 3 aromatic carbocycles. The summed E-state index contributed by atoms with van der Waals surface area (Å²) in [6, 6.07) is 17.1. The normalized spacial score (nSPS) is 12.7. The number of amides is 1. The van der Waals surface area contributed by atoms with Crippen LogP contribution in [0.15, 0.2) is 65.6 Å². The molecule has 2 N–H and O–H groups in total. The molecule has 0 saturated carbocycles. The lowest BCUT2D eigenvalue weighted by atomic mass is 10.1. The highest BCUT2D eigenvalue weighted by Gasteiger charge is 2.22. The molecule has 0 aliphatic heterocycles. The zero-order chi connectivity index (χ0) is 19.6. The third-order valence-corrected chi connectivity index (χ3v) is 6.07. The van der Waals surface area contributed by atoms with Gasteiger partial charge >= 0.3 is 0 Å². The molecule has 1 amide bonds. The van der Waals surface area contributed by atoms with E-state index in [1.54, 1.807) is 24.3 Å². The predicted octanol–water partition coefficient (Wildman–Crippen LogP) is 3.76. The van der Waals surface area contributed by atoms with Gasteiger partial charge in [0.2, 0.25) is 15.9 Å². The molecule has 0 aliphatic rings. The second-order valence-electron chi connectivity index (χ2n) is 6.64. The number of hydrogen-bond acceptors (Lipinski definition) is 3. The maximum absolute atomic E-state index is 12.7. The van der Waals surface area contributed by atoms with Gasteiger partial charge in [-0.1, -0.05) is 36.4 Å². The predicted molar refractivity (Wildman–Crippen MR) is 108 cm³/mol. The fourth-order valence-corrected chi connectivity index (χ4v) is 4.00. The largest absolute Gasteiger partial charge is 0.325 e. The number of fused-ring (bicyclic) bond motifs is 1. The number of aryl methyl sites for hydroxylation is 2. The number of anilines is 1. The molecule has 6 heteroatoms. The van der Waals surface area contributed by atoms with Crippen LogP contribution in [0.3, 0.4) is 0 Å². The summed E-state index contributed by atoms with van der Waals surface area (Å²) < 4.78 is 27.7. The highest BCUT2D eigenvalue weighted by Crippen LogP contribution is 2.19.